The summed E-state index contributed by atoms with van der Waals surface area (Å²) in [6, 6.07) is 12.2. The number of aromatic nitrogens is 1. The molecular formula is C26H26FN3O3. The highest BCUT2D eigenvalue weighted by Crippen LogP contribution is 2.26. The molecule has 7 heteroatoms. The van der Waals surface area contributed by atoms with Gasteiger partial charge >= 0.3 is 0 Å². The highest BCUT2D eigenvalue weighted by molar-refractivity contribution is 6.08. The van der Waals surface area contributed by atoms with E-state index in [1.165, 1.54) is 19.1 Å². The lowest BCUT2D eigenvalue weighted by Crippen LogP contribution is -2.48. The molecule has 1 saturated heterocycles. The number of hydrogen-bond acceptors (Lipinski definition) is 4. The summed E-state index contributed by atoms with van der Waals surface area (Å²) in [5.41, 5.74) is 1.36. The molecule has 1 aliphatic heterocycles. The number of carbonyl (C=O) groups excluding carboxylic acids is 2. The molecule has 170 valence electrons. The van der Waals surface area contributed by atoms with Crippen molar-refractivity contribution in [1.29, 1.82) is 0 Å². The van der Waals surface area contributed by atoms with Crippen molar-refractivity contribution in [2.24, 2.45) is 0 Å². The van der Waals surface area contributed by atoms with Gasteiger partial charge in [-0.2, -0.15) is 0 Å². The Morgan fingerprint density at radius 2 is 1.76 bits per heavy atom. The van der Waals surface area contributed by atoms with E-state index in [1.54, 1.807) is 27.8 Å². The molecule has 1 aliphatic rings. The first-order valence-corrected chi connectivity index (χ1v) is 11.0. The van der Waals surface area contributed by atoms with Crippen LogP contribution in [0.3, 0.4) is 0 Å². The van der Waals surface area contributed by atoms with Crippen LogP contribution in [0, 0.1) is 5.82 Å². The molecule has 4 rings (SSSR count). The van der Waals surface area contributed by atoms with Gasteiger partial charge in [-0.15, -0.1) is 0 Å². The number of ketones is 1. The third-order valence-electron chi connectivity index (χ3n) is 6.05. The number of rotatable bonds is 5. The number of anilines is 1. The van der Waals surface area contributed by atoms with Crippen molar-refractivity contribution in [1.82, 2.24) is 9.47 Å². The van der Waals surface area contributed by atoms with Crippen LogP contribution in [0.1, 0.15) is 29.8 Å². The molecule has 6 nitrogen and oxygen atoms in total. The molecule has 2 heterocycles. The van der Waals surface area contributed by atoms with Crippen molar-refractivity contribution in [3.63, 3.8) is 0 Å². The molecule has 1 fully saturated rings. The van der Waals surface area contributed by atoms with Gasteiger partial charge in [0.25, 0.3) is 0 Å². The second-order valence-electron chi connectivity index (χ2n) is 8.08. The predicted molar refractivity (Wildman–Crippen MR) is 128 cm³/mol. The Morgan fingerprint density at radius 3 is 2.39 bits per heavy atom. The van der Waals surface area contributed by atoms with Gasteiger partial charge in [0.2, 0.25) is 11.3 Å². The Bertz CT molecular complexity index is 1290. The summed E-state index contributed by atoms with van der Waals surface area (Å²) in [6.07, 6.45) is 4.58. The zero-order chi connectivity index (χ0) is 23.5. The number of amides is 1. The number of piperazine rings is 1. The fourth-order valence-corrected chi connectivity index (χ4v) is 4.17. The summed E-state index contributed by atoms with van der Waals surface area (Å²) < 4.78 is 16.9. The predicted octanol–water partition coefficient (Wildman–Crippen LogP) is 3.73. The van der Waals surface area contributed by atoms with E-state index in [9.17, 15) is 14.4 Å². The zero-order valence-corrected chi connectivity index (χ0v) is 18.8. The summed E-state index contributed by atoms with van der Waals surface area (Å²) in [6.45, 7) is 6.02. The first kappa shape index (κ1) is 22.5. The number of pyridine rings is 1. The van der Waals surface area contributed by atoms with Crippen molar-refractivity contribution in [3.05, 3.63) is 81.9 Å². The SMILES string of the molecule is CCn1cc(C(=O)C=Cc2ccccc2)c(=O)c2cc(F)c(N3CCN(C(C)=O)CC3)cc21. The van der Waals surface area contributed by atoms with Gasteiger partial charge < -0.3 is 14.4 Å². The van der Waals surface area contributed by atoms with Crippen LogP contribution in [0.5, 0.6) is 0 Å². The molecule has 2 aromatic carbocycles. The Hall–Kier alpha value is -3.74. The van der Waals surface area contributed by atoms with Crippen LogP contribution >= 0.6 is 0 Å². The van der Waals surface area contributed by atoms with Crippen molar-refractivity contribution in [2.75, 3.05) is 31.1 Å². The number of fused-ring (bicyclic) bond motifs is 1. The molecule has 1 amide bonds. The molecule has 0 radical (unpaired) electrons. The number of halogens is 1. The minimum absolute atomic E-state index is 0.00645. The monoisotopic (exact) mass is 447 g/mol. The van der Waals surface area contributed by atoms with Gasteiger partial charge in [0.15, 0.2) is 5.78 Å². The number of allylic oxidation sites excluding steroid dienone is 1. The van der Waals surface area contributed by atoms with E-state index in [0.717, 1.165) is 5.56 Å². The summed E-state index contributed by atoms with van der Waals surface area (Å²) in [4.78, 5) is 41.1. The fraction of sp³-hybridized carbons (Fsp3) is 0.269. The van der Waals surface area contributed by atoms with E-state index in [4.69, 9.17) is 0 Å². The van der Waals surface area contributed by atoms with Crippen LogP contribution in [0.4, 0.5) is 10.1 Å². The molecule has 0 spiro atoms. The number of aryl methyl sites for hydroxylation is 1. The molecule has 3 aromatic rings. The topological polar surface area (TPSA) is 62.6 Å². The third-order valence-corrected chi connectivity index (χ3v) is 6.05. The smallest absolute Gasteiger partial charge is 0.219 e. The zero-order valence-electron chi connectivity index (χ0n) is 18.8. The summed E-state index contributed by atoms with van der Waals surface area (Å²) >= 11 is 0. The second-order valence-corrected chi connectivity index (χ2v) is 8.08. The van der Waals surface area contributed by atoms with Crippen molar-refractivity contribution >= 4 is 34.4 Å². The lowest BCUT2D eigenvalue weighted by Gasteiger charge is -2.36. The maximum Gasteiger partial charge on any atom is 0.219 e. The molecule has 0 bridgehead atoms. The van der Waals surface area contributed by atoms with Gasteiger partial charge in [0, 0.05) is 51.2 Å². The van der Waals surface area contributed by atoms with E-state index in [-0.39, 0.29) is 16.9 Å². The summed E-state index contributed by atoms with van der Waals surface area (Å²) in [5, 5.41) is 0.180. The Balaban J connectivity index is 1.70. The molecule has 0 unspecified atom stereocenters. The van der Waals surface area contributed by atoms with Gasteiger partial charge in [0.05, 0.1) is 16.8 Å². The largest absolute Gasteiger partial charge is 0.366 e. The highest BCUT2D eigenvalue weighted by Gasteiger charge is 2.23. The average molecular weight is 448 g/mol. The van der Waals surface area contributed by atoms with Crippen LogP contribution in [0.15, 0.2) is 59.5 Å². The van der Waals surface area contributed by atoms with Crippen molar-refractivity contribution in [2.45, 2.75) is 20.4 Å². The molecule has 0 N–H and O–H groups in total. The standard InChI is InChI=1S/C26H26FN3O3/c1-3-28-17-21(25(32)10-9-19-7-5-4-6-8-19)26(33)20-15-22(27)24(16-23(20)28)30-13-11-29(12-14-30)18(2)31/h4-10,15-17H,3,11-14H2,1-2H3. The van der Waals surface area contributed by atoms with Gasteiger partial charge in [-0.3, -0.25) is 14.4 Å². The molecule has 0 saturated carbocycles. The normalized spacial score (nSPS) is 14.3. The van der Waals surface area contributed by atoms with Crippen LogP contribution in [0.2, 0.25) is 0 Å². The van der Waals surface area contributed by atoms with Crippen LogP contribution < -0.4 is 10.3 Å². The maximum absolute atomic E-state index is 15.1. The lowest BCUT2D eigenvalue weighted by molar-refractivity contribution is -0.129. The molecule has 33 heavy (non-hydrogen) atoms. The van der Waals surface area contributed by atoms with Gasteiger partial charge in [-0.1, -0.05) is 36.4 Å². The Morgan fingerprint density at radius 1 is 1.06 bits per heavy atom. The molecular weight excluding hydrogens is 421 g/mol. The summed E-state index contributed by atoms with van der Waals surface area (Å²) in [5.74, 6) is -0.923. The average Bonchev–Trinajstić information content (AvgIpc) is 2.83. The van der Waals surface area contributed by atoms with Gasteiger partial charge in [-0.25, -0.2) is 4.39 Å². The van der Waals surface area contributed by atoms with Crippen molar-refractivity contribution < 1.29 is 14.0 Å². The maximum atomic E-state index is 15.1. The highest BCUT2D eigenvalue weighted by atomic mass is 19.1. The minimum Gasteiger partial charge on any atom is -0.366 e. The first-order valence-electron chi connectivity index (χ1n) is 11.0. The Labute approximate surface area is 191 Å². The van der Waals surface area contributed by atoms with E-state index in [2.05, 4.69) is 0 Å². The van der Waals surface area contributed by atoms with Gasteiger partial charge in [-0.05, 0) is 30.7 Å². The van der Waals surface area contributed by atoms with Gasteiger partial charge in [0.1, 0.15) is 5.82 Å². The lowest BCUT2D eigenvalue weighted by atomic mass is 10.1. The van der Waals surface area contributed by atoms with E-state index in [0.29, 0.717) is 43.9 Å². The van der Waals surface area contributed by atoms with Crippen LogP contribution in [-0.4, -0.2) is 47.3 Å². The number of hydrogen-bond donors (Lipinski definition) is 0. The first-order chi connectivity index (χ1) is 15.9. The van der Waals surface area contributed by atoms with Crippen LogP contribution in [0.25, 0.3) is 17.0 Å². The van der Waals surface area contributed by atoms with Crippen LogP contribution in [-0.2, 0) is 11.3 Å². The quantitative estimate of drug-likeness (QED) is 0.442. The Kier molecular flexibility index (Phi) is 6.40. The minimum atomic E-state index is -0.511. The third kappa shape index (κ3) is 4.58. The fourth-order valence-electron chi connectivity index (χ4n) is 4.17. The second kappa shape index (κ2) is 9.40. The summed E-state index contributed by atoms with van der Waals surface area (Å²) in [7, 11) is 0. The van der Waals surface area contributed by atoms with Crippen molar-refractivity contribution in [3.8, 4) is 0 Å². The molecule has 0 atom stereocenters. The van der Waals surface area contributed by atoms with E-state index in [1.807, 2.05) is 42.2 Å². The number of benzene rings is 2. The molecule has 0 aliphatic carbocycles. The van der Waals surface area contributed by atoms with E-state index >= 15 is 4.39 Å². The molecule has 1 aromatic heterocycles. The number of nitrogens with zero attached hydrogens (tertiary/aromatic N) is 3. The number of carbonyl (C=O) groups is 2. The van der Waals surface area contributed by atoms with E-state index < -0.39 is 17.0 Å².